The zero-order chi connectivity index (χ0) is 6.57. The molecule has 2 heteroatoms. The Morgan fingerprint density at radius 3 is 2.00 bits per heavy atom. The summed E-state index contributed by atoms with van der Waals surface area (Å²) in [6.07, 6.45) is -1.47. The van der Waals surface area contributed by atoms with E-state index in [0.717, 1.165) is 0 Å². The van der Waals surface area contributed by atoms with Crippen molar-refractivity contribution in [3.63, 3.8) is 0 Å². The van der Waals surface area contributed by atoms with Gasteiger partial charge in [0.05, 0.1) is 0 Å². The summed E-state index contributed by atoms with van der Waals surface area (Å²) >= 11 is 0. The van der Waals surface area contributed by atoms with Crippen LogP contribution in [0.15, 0.2) is 0 Å². The van der Waals surface area contributed by atoms with E-state index in [-0.39, 0.29) is 6.42 Å². The molecule has 0 bridgehead atoms. The van der Waals surface area contributed by atoms with E-state index in [0.29, 0.717) is 6.42 Å². The number of alkyl halides is 2. The van der Waals surface area contributed by atoms with E-state index in [4.69, 9.17) is 0 Å². The largest absolute Gasteiger partial charge is 0.248 e. The van der Waals surface area contributed by atoms with Gasteiger partial charge in [-0.25, -0.2) is 8.78 Å². The molecule has 0 spiro atoms. The Labute approximate surface area is 48.9 Å². The van der Waals surface area contributed by atoms with Gasteiger partial charge >= 0.3 is 0 Å². The Bertz CT molecular complexity index is 52.5. The van der Waals surface area contributed by atoms with Crippen molar-refractivity contribution in [2.45, 2.75) is 39.0 Å². The van der Waals surface area contributed by atoms with Crippen molar-refractivity contribution in [3.8, 4) is 0 Å². The van der Waals surface area contributed by atoms with E-state index in [1.165, 1.54) is 6.92 Å². The fourth-order valence-electron chi connectivity index (χ4n) is 0.519. The highest BCUT2D eigenvalue weighted by Gasteiger charge is 2.07. The van der Waals surface area contributed by atoms with Crippen LogP contribution in [0.25, 0.3) is 0 Å². The second-order valence-corrected chi connectivity index (χ2v) is 2.02. The van der Waals surface area contributed by atoms with Gasteiger partial charge in [0.15, 0.2) is 0 Å². The molecule has 0 rings (SSSR count). The van der Waals surface area contributed by atoms with Crippen LogP contribution in [-0.2, 0) is 0 Å². The Kier molecular flexibility index (Phi) is 3.75. The molecule has 0 aliphatic rings. The molecule has 0 aliphatic carbocycles. The fraction of sp³-hybridized carbons (Fsp3) is 1.00. The molecule has 0 nitrogen and oxygen atoms in total. The Balaban J connectivity index is 3.10. The zero-order valence-corrected chi connectivity index (χ0v) is 5.32. The predicted molar refractivity (Wildman–Crippen MR) is 30.4 cm³/mol. The van der Waals surface area contributed by atoms with E-state index in [1.807, 2.05) is 0 Å². The molecule has 0 radical (unpaired) electrons. The highest BCUT2D eigenvalue weighted by atomic mass is 19.1. The van der Waals surface area contributed by atoms with Gasteiger partial charge in [0.2, 0.25) is 0 Å². The Morgan fingerprint density at radius 1 is 1.38 bits per heavy atom. The van der Waals surface area contributed by atoms with Gasteiger partial charge in [0, 0.05) is 6.42 Å². The van der Waals surface area contributed by atoms with Gasteiger partial charge in [-0.15, -0.1) is 0 Å². The van der Waals surface area contributed by atoms with Crippen molar-refractivity contribution in [3.05, 3.63) is 0 Å². The lowest BCUT2D eigenvalue weighted by atomic mass is 10.2. The van der Waals surface area contributed by atoms with E-state index in [9.17, 15) is 8.78 Å². The fourth-order valence-corrected chi connectivity index (χ4v) is 0.519. The van der Waals surface area contributed by atoms with E-state index >= 15 is 0 Å². The quantitative estimate of drug-likeness (QED) is 0.539. The van der Waals surface area contributed by atoms with Crippen LogP contribution in [0.5, 0.6) is 0 Å². The van der Waals surface area contributed by atoms with Crippen LogP contribution in [0.2, 0.25) is 0 Å². The smallest absolute Gasteiger partial charge is 0.103 e. The summed E-state index contributed by atoms with van der Waals surface area (Å²) in [6, 6.07) is 0. The molecule has 0 saturated carbocycles. The molecule has 0 amide bonds. The van der Waals surface area contributed by atoms with Gasteiger partial charge in [-0.3, -0.25) is 0 Å². The van der Waals surface area contributed by atoms with Crippen LogP contribution < -0.4 is 0 Å². The van der Waals surface area contributed by atoms with E-state index < -0.39 is 12.3 Å². The van der Waals surface area contributed by atoms with Crippen LogP contribution in [0.1, 0.15) is 26.7 Å². The highest BCUT2D eigenvalue weighted by Crippen LogP contribution is 2.07. The van der Waals surface area contributed by atoms with Gasteiger partial charge in [0.1, 0.15) is 12.3 Å². The summed E-state index contributed by atoms with van der Waals surface area (Å²) in [6.45, 7) is 3.09. The molecule has 1 unspecified atom stereocenters. The van der Waals surface area contributed by atoms with Crippen LogP contribution in [0.3, 0.4) is 0 Å². The number of halogens is 2. The molecule has 0 aliphatic heterocycles. The van der Waals surface area contributed by atoms with Crippen LogP contribution in [-0.4, -0.2) is 12.3 Å². The first kappa shape index (κ1) is 7.86. The summed E-state index contributed by atoms with van der Waals surface area (Å²) < 4.78 is 24.0. The average molecular weight is 122 g/mol. The maximum atomic E-state index is 12.1. The summed E-state index contributed by atoms with van der Waals surface area (Å²) in [5.74, 6) is 0. The minimum atomic E-state index is -0.995. The third kappa shape index (κ3) is 4.03. The molecule has 2 atom stereocenters. The lowest BCUT2D eigenvalue weighted by molar-refractivity contribution is 0.227. The summed E-state index contributed by atoms with van der Waals surface area (Å²) in [7, 11) is 0. The van der Waals surface area contributed by atoms with Crippen molar-refractivity contribution < 1.29 is 8.78 Å². The molecule has 0 N–H and O–H groups in total. The number of rotatable bonds is 3. The van der Waals surface area contributed by atoms with Gasteiger partial charge < -0.3 is 0 Å². The van der Waals surface area contributed by atoms with Crippen LogP contribution in [0.4, 0.5) is 8.78 Å². The monoisotopic (exact) mass is 122 g/mol. The molecule has 0 aromatic carbocycles. The predicted octanol–water partition coefficient (Wildman–Crippen LogP) is 2.48. The minimum Gasteiger partial charge on any atom is -0.248 e. The minimum absolute atomic E-state index is 0.0521. The topological polar surface area (TPSA) is 0 Å². The lowest BCUT2D eigenvalue weighted by Crippen LogP contribution is -2.04. The second kappa shape index (κ2) is 3.81. The summed E-state index contributed by atoms with van der Waals surface area (Å²) in [4.78, 5) is 0. The standard InChI is InChI=1S/C6H12F2/c1-3-6(8)4-5(2)7/h5-6H,3-4H2,1-2H3/t5?,6-/m0/s1. The SMILES string of the molecule is CC[C@H](F)CC(C)F. The first-order valence-electron chi connectivity index (χ1n) is 2.95. The van der Waals surface area contributed by atoms with Crippen LogP contribution >= 0.6 is 0 Å². The molecular formula is C6H12F2. The van der Waals surface area contributed by atoms with Crippen molar-refractivity contribution in [2.75, 3.05) is 0 Å². The van der Waals surface area contributed by atoms with E-state index in [1.54, 1.807) is 6.92 Å². The second-order valence-electron chi connectivity index (χ2n) is 2.02. The zero-order valence-electron chi connectivity index (χ0n) is 5.32. The maximum absolute atomic E-state index is 12.1. The van der Waals surface area contributed by atoms with Crippen molar-refractivity contribution in [1.29, 1.82) is 0 Å². The van der Waals surface area contributed by atoms with Gasteiger partial charge in [0.25, 0.3) is 0 Å². The molecule has 0 heterocycles. The highest BCUT2D eigenvalue weighted by molar-refractivity contribution is 4.56. The number of hydrogen-bond donors (Lipinski definition) is 0. The number of hydrogen-bond acceptors (Lipinski definition) is 0. The summed E-state index contributed by atoms with van der Waals surface area (Å²) in [5.41, 5.74) is 0. The van der Waals surface area contributed by atoms with Crippen molar-refractivity contribution in [2.24, 2.45) is 0 Å². The Hall–Kier alpha value is -0.140. The summed E-state index contributed by atoms with van der Waals surface area (Å²) in [5, 5.41) is 0. The van der Waals surface area contributed by atoms with Gasteiger partial charge in [-0.1, -0.05) is 6.92 Å². The molecule has 0 saturated heterocycles. The Morgan fingerprint density at radius 2 is 1.88 bits per heavy atom. The van der Waals surface area contributed by atoms with Crippen molar-refractivity contribution in [1.82, 2.24) is 0 Å². The third-order valence-electron chi connectivity index (χ3n) is 1.02. The first-order valence-corrected chi connectivity index (χ1v) is 2.95. The first-order chi connectivity index (χ1) is 3.66. The van der Waals surface area contributed by atoms with Crippen molar-refractivity contribution >= 4 is 0 Å². The lowest BCUT2D eigenvalue weighted by Gasteiger charge is -2.03. The molecular weight excluding hydrogens is 110 g/mol. The molecule has 0 aromatic rings. The van der Waals surface area contributed by atoms with Crippen LogP contribution in [0, 0.1) is 0 Å². The maximum Gasteiger partial charge on any atom is 0.103 e. The third-order valence-corrected chi connectivity index (χ3v) is 1.02. The molecule has 0 aromatic heterocycles. The van der Waals surface area contributed by atoms with Gasteiger partial charge in [-0.2, -0.15) is 0 Å². The molecule has 8 heavy (non-hydrogen) atoms. The molecule has 0 fully saturated rings. The average Bonchev–Trinajstić information content (AvgIpc) is 1.65. The molecule has 50 valence electrons. The van der Waals surface area contributed by atoms with E-state index in [2.05, 4.69) is 0 Å². The normalized spacial score (nSPS) is 18.0. The van der Waals surface area contributed by atoms with Gasteiger partial charge in [-0.05, 0) is 13.3 Å².